The lowest BCUT2D eigenvalue weighted by Gasteiger charge is -1.98. The van der Waals surface area contributed by atoms with Gasteiger partial charge in [0.15, 0.2) is 0 Å². The number of rotatable bonds is 2. The number of esters is 1. The molecule has 5 nitrogen and oxygen atoms in total. The number of hydrogen-bond acceptors (Lipinski definition) is 4. The number of carbonyl (C=O) groups is 1. The Morgan fingerprint density at radius 1 is 1.57 bits per heavy atom. The Labute approximate surface area is 80.3 Å². The van der Waals surface area contributed by atoms with Crippen LogP contribution in [0.5, 0.6) is 0 Å². The van der Waals surface area contributed by atoms with Crippen molar-refractivity contribution in [1.29, 1.82) is 0 Å². The first kappa shape index (κ1) is 8.68. The lowest BCUT2D eigenvalue weighted by molar-refractivity contribution is 0.0528. The van der Waals surface area contributed by atoms with E-state index in [4.69, 9.17) is 4.74 Å². The van der Waals surface area contributed by atoms with Gasteiger partial charge in [-0.05, 0) is 19.1 Å². The van der Waals surface area contributed by atoms with Crippen LogP contribution in [0.25, 0.3) is 5.52 Å². The molecule has 0 unspecified atom stereocenters. The Bertz CT molecular complexity index is 464. The third-order valence-electron chi connectivity index (χ3n) is 1.80. The van der Waals surface area contributed by atoms with Gasteiger partial charge in [-0.2, -0.15) is 14.8 Å². The van der Waals surface area contributed by atoms with E-state index < -0.39 is 0 Å². The zero-order chi connectivity index (χ0) is 9.97. The maximum Gasteiger partial charge on any atom is 0.342 e. The summed E-state index contributed by atoms with van der Waals surface area (Å²) in [6.45, 7) is 2.12. The van der Waals surface area contributed by atoms with Gasteiger partial charge in [-0.1, -0.05) is 0 Å². The van der Waals surface area contributed by atoms with Gasteiger partial charge in [0.05, 0.1) is 12.8 Å². The normalized spacial score (nSPS) is 10.4. The number of hydrogen-bond donors (Lipinski definition) is 0. The summed E-state index contributed by atoms with van der Waals surface area (Å²) >= 11 is 0. The number of fused-ring (bicyclic) bond motifs is 1. The van der Waals surface area contributed by atoms with Gasteiger partial charge in [-0.15, -0.1) is 0 Å². The van der Waals surface area contributed by atoms with Crippen LogP contribution in [0.15, 0.2) is 24.5 Å². The molecule has 72 valence electrons. The van der Waals surface area contributed by atoms with Gasteiger partial charge >= 0.3 is 5.97 Å². The molecule has 2 aromatic heterocycles. The minimum absolute atomic E-state index is 0.358. The molecule has 0 spiro atoms. The molecule has 0 aliphatic heterocycles. The zero-order valence-corrected chi connectivity index (χ0v) is 7.67. The van der Waals surface area contributed by atoms with E-state index in [-0.39, 0.29) is 5.97 Å². The van der Waals surface area contributed by atoms with Crippen LogP contribution in [0.3, 0.4) is 0 Å². The third kappa shape index (κ3) is 1.32. The molecule has 0 aliphatic carbocycles. The second kappa shape index (κ2) is 3.45. The van der Waals surface area contributed by atoms with Gasteiger partial charge in [-0.3, -0.25) is 0 Å². The maximum atomic E-state index is 11.4. The zero-order valence-electron chi connectivity index (χ0n) is 7.67. The van der Waals surface area contributed by atoms with E-state index in [9.17, 15) is 4.79 Å². The van der Waals surface area contributed by atoms with E-state index in [1.165, 1.54) is 10.8 Å². The molecule has 0 saturated heterocycles. The Balaban J connectivity index is 2.47. The molecule has 0 radical (unpaired) electrons. The van der Waals surface area contributed by atoms with Crippen LogP contribution in [0.4, 0.5) is 0 Å². The van der Waals surface area contributed by atoms with Gasteiger partial charge in [0.25, 0.3) is 0 Å². The van der Waals surface area contributed by atoms with E-state index in [1.54, 1.807) is 25.3 Å². The van der Waals surface area contributed by atoms with Gasteiger partial charge in [0, 0.05) is 6.20 Å². The Kier molecular flexibility index (Phi) is 2.14. The number of aromatic nitrogens is 3. The molecular formula is C9H9N3O2. The monoisotopic (exact) mass is 191 g/mol. The van der Waals surface area contributed by atoms with Crippen molar-refractivity contribution in [3.05, 3.63) is 30.1 Å². The summed E-state index contributed by atoms with van der Waals surface area (Å²) < 4.78 is 6.27. The lowest BCUT2D eigenvalue weighted by Crippen LogP contribution is -2.04. The van der Waals surface area contributed by atoms with Crippen LogP contribution in [-0.4, -0.2) is 27.4 Å². The summed E-state index contributed by atoms with van der Waals surface area (Å²) in [7, 11) is 0. The molecule has 2 aromatic rings. The first-order valence-corrected chi connectivity index (χ1v) is 4.29. The molecule has 14 heavy (non-hydrogen) atoms. The standard InChI is InChI=1S/C9H9N3O2/c1-2-14-9(13)7-6-11-12-8(7)4-3-5-10-12/h3-6H,2H2,1H3. The van der Waals surface area contributed by atoms with Crippen molar-refractivity contribution in [2.45, 2.75) is 6.92 Å². The number of ether oxygens (including phenoxy) is 1. The van der Waals surface area contributed by atoms with Crippen LogP contribution >= 0.6 is 0 Å². The second-order valence-electron chi connectivity index (χ2n) is 2.68. The molecule has 5 heteroatoms. The number of nitrogens with zero attached hydrogens (tertiary/aromatic N) is 3. The summed E-state index contributed by atoms with van der Waals surface area (Å²) in [5, 5.41) is 7.87. The average Bonchev–Trinajstić information content (AvgIpc) is 2.61. The van der Waals surface area contributed by atoms with Crippen molar-refractivity contribution in [2.75, 3.05) is 6.61 Å². The highest BCUT2D eigenvalue weighted by Crippen LogP contribution is 2.09. The maximum absolute atomic E-state index is 11.4. The highest BCUT2D eigenvalue weighted by atomic mass is 16.5. The third-order valence-corrected chi connectivity index (χ3v) is 1.80. The Hall–Kier alpha value is -1.91. The molecule has 0 aliphatic rings. The van der Waals surface area contributed by atoms with Crippen molar-refractivity contribution in [3.63, 3.8) is 0 Å². The van der Waals surface area contributed by atoms with Crippen LogP contribution in [-0.2, 0) is 4.74 Å². The van der Waals surface area contributed by atoms with Crippen LogP contribution < -0.4 is 0 Å². The highest BCUT2D eigenvalue weighted by molar-refractivity contribution is 5.96. The SMILES string of the molecule is CCOC(=O)c1cnn2ncccc12. The van der Waals surface area contributed by atoms with Crippen molar-refractivity contribution in [2.24, 2.45) is 0 Å². The average molecular weight is 191 g/mol. The van der Waals surface area contributed by atoms with Crippen LogP contribution in [0.2, 0.25) is 0 Å². The highest BCUT2D eigenvalue weighted by Gasteiger charge is 2.12. The topological polar surface area (TPSA) is 56.5 Å². The van der Waals surface area contributed by atoms with Gasteiger partial charge in [0.2, 0.25) is 0 Å². The molecule has 2 rings (SSSR count). The first-order chi connectivity index (χ1) is 6.83. The molecule has 0 fully saturated rings. The summed E-state index contributed by atoms with van der Waals surface area (Å²) in [6.07, 6.45) is 3.06. The fourth-order valence-corrected chi connectivity index (χ4v) is 1.20. The minimum Gasteiger partial charge on any atom is -0.462 e. The summed E-state index contributed by atoms with van der Waals surface area (Å²) in [6, 6.07) is 3.52. The largest absolute Gasteiger partial charge is 0.462 e. The second-order valence-corrected chi connectivity index (χ2v) is 2.68. The first-order valence-electron chi connectivity index (χ1n) is 4.29. The molecule has 2 heterocycles. The van der Waals surface area contributed by atoms with Crippen molar-refractivity contribution >= 4 is 11.5 Å². The fraction of sp³-hybridized carbons (Fsp3) is 0.222. The van der Waals surface area contributed by atoms with Crippen LogP contribution in [0.1, 0.15) is 17.3 Å². The Morgan fingerprint density at radius 3 is 3.21 bits per heavy atom. The molecule has 0 amide bonds. The van der Waals surface area contributed by atoms with Crippen molar-refractivity contribution in [3.8, 4) is 0 Å². The van der Waals surface area contributed by atoms with E-state index >= 15 is 0 Å². The molecular weight excluding hydrogens is 182 g/mol. The predicted octanol–water partition coefficient (Wildman–Crippen LogP) is 0.906. The number of carbonyl (C=O) groups excluding carboxylic acids is 1. The van der Waals surface area contributed by atoms with E-state index in [0.29, 0.717) is 17.7 Å². The predicted molar refractivity (Wildman–Crippen MR) is 48.9 cm³/mol. The molecule has 0 N–H and O–H groups in total. The summed E-state index contributed by atoms with van der Waals surface area (Å²) in [5.41, 5.74) is 1.10. The lowest BCUT2D eigenvalue weighted by atomic mass is 10.3. The van der Waals surface area contributed by atoms with Gasteiger partial charge in [-0.25, -0.2) is 4.79 Å². The summed E-state index contributed by atoms with van der Waals surface area (Å²) in [4.78, 5) is 11.4. The molecule has 0 aromatic carbocycles. The van der Waals surface area contributed by atoms with Gasteiger partial charge in [0.1, 0.15) is 11.1 Å². The van der Waals surface area contributed by atoms with E-state index in [2.05, 4.69) is 10.2 Å². The van der Waals surface area contributed by atoms with Gasteiger partial charge < -0.3 is 4.74 Å². The van der Waals surface area contributed by atoms with Crippen molar-refractivity contribution in [1.82, 2.24) is 14.8 Å². The fourth-order valence-electron chi connectivity index (χ4n) is 1.20. The van der Waals surface area contributed by atoms with Crippen molar-refractivity contribution < 1.29 is 9.53 Å². The molecule has 0 atom stereocenters. The quantitative estimate of drug-likeness (QED) is 0.662. The van der Waals surface area contributed by atoms with E-state index in [0.717, 1.165) is 0 Å². The van der Waals surface area contributed by atoms with E-state index in [1.807, 2.05) is 0 Å². The Morgan fingerprint density at radius 2 is 2.43 bits per heavy atom. The van der Waals surface area contributed by atoms with Crippen LogP contribution in [0, 0.1) is 0 Å². The summed E-state index contributed by atoms with van der Waals surface area (Å²) in [5.74, 6) is -0.365. The molecule has 0 bridgehead atoms. The minimum atomic E-state index is -0.365. The smallest absolute Gasteiger partial charge is 0.342 e. The molecule has 0 saturated carbocycles.